The maximum absolute atomic E-state index is 12.3. The number of carbonyl (C=O) groups excluding carboxylic acids is 1. The Labute approximate surface area is 97.8 Å². The van der Waals surface area contributed by atoms with Crippen molar-refractivity contribution in [1.29, 1.82) is 5.26 Å². The number of alkyl halides is 2. The first kappa shape index (κ1) is 13.2. The van der Waals surface area contributed by atoms with Crippen molar-refractivity contribution in [3.63, 3.8) is 0 Å². The van der Waals surface area contributed by atoms with Gasteiger partial charge in [0.05, 0.1) is 12.1 Å². The molecule has 0 aliphatic rings. The second-order valence-electron chi connectivity index (χ2n) is 3.86. The Hall–Kier alpha value is -1.90. The molecule has 1 aromatic rings. The molecule has 4 nitrogen and oxygen atoms in total. The standard InChI is InChI=1S/C11H13F2N3O/c1-7(2)16(6-10(12)13)11(17)8-3-9(4-14)15-5-8/h3,5,7,10,15H,6H2,1-2H3. The molecule has 0 saturated carbocycles. The van der Waals surface area contributed by atoms with E-state index in [0.29, 0.717) is 0 Å². The van der Waals surface area contributed by atoms with Gasteiger partial charge in [-0.3, -0.25) is 4.79 Å². The predicted octanol–water partition coefficient (Wildman–Crippen LogP) is 2.00. The largest absolute Gasteiger partial charge is 0.352 e. The second-order valence-corrected chi connectivity index (χ2v) is 3.86. The normalized spacial score (nSPS) is 10.6. The van der Waals surface area contributed by atoms with Gasteiger partial charge in [0.2, 0.25) is 0 Å². The molecule has 0 aliphatic carbocycles. The number of H-pyrrole nitrogens is 1. The summed E-state index contributed by atoms with van der Waals surface area (Å²) in [6, 6.07) is 2.86. The van der Waals surface area contributed by atoms with Gasteiger partial charge in [-0.2, -0.15) is 5.26 Å². The van der Waals surface area contributed by atoms with E-state index >= 15 is 0 Å². The summed E-state index contributed by atoms with van der Waals surface area (Å²) in [6.45, 7) is 2.72. The lowest BCUT2D eigenvalue weighted by Crippen LogP contribution is -2.40. The smallest absolute Gasteiger partial charge is 0.255 e. The first-order chi connectivity index (χ1) is 7.95. The van der Waals surface area contributed by atoms with Gasteiger partial charge in [0, 0.05) is 12.2 Å². The van der Waals surface area contributed by atoms with Crippen molar-refractivity contribution in [2.45, 2.75) is 26.3 Å². The molecule has 0 aromatic carbocycles. The number of hydrogen-bond donors (Lipinski definition) is 1. The Balaban J connectivity index is 2.88. The maximum Gasteiger partial charge on any atom is 0.255 e. The third-order valence-corrected chi connectivity index (χ3v) is 2.27. The molecule has 0 fully saturated rings. The molecular weight excluding hydrogens is 228 g/mol. The molecule has 0 unspecified atom stereocenters. The quantitative estimate of drug-likeness (QED) is 0.876. The van der Waals surface area contributed by atoms with Crippen molar-refractivity contribution in [2.24, 2.45) is 0 Å². The van der Waals surface area contributed by atoms with Crippen LogP contribution in [-0.2, 0) is 0 Å². The fourth-order valence-corrected chi connectivity index (χ4v) is 1.43. The Kier molecular flexibility index (Phi) is 4.21. The van der Waals surface area contributed by atoms with Crippen LogP contribution in [0.4, 0.5) is 8.78 Å². The number of aromatic amines is 1. The molecule has 17 heavy (non-hydrogen) atoms. The molecule has 1 rings (SSSR count). The van der Waals surface area contributed by atoms with E-state index in [2.05, 4.69) is 4.98 Å². The zero-order chi connectivity index (χ0) is 13.0. The minimum absolute atomic E-state index is 0.218. The first-order valence-corrected chi connectivity index (χ1v) is 5.13. The number of nitriles is 1. The Morgan fingerprint density at radius 1 is 1.59 bits per heavy atom. The van der Waals surface area contributed by atoms with Gasteiger partial charge in [0.1, 0.15) is 11.8 Å². The molecule has 1 aromatic heterocycles. The van der Waals surface area contributed by atoms with Crippen LogP contribution in [0.3, 0.4) is 0 Å². The number of nitrogens with one attached hydrogen (secondary N) is 1. The number of amides is 1. The highest BCUT2D eigenvalue weighted by Gasteiger charge is 2.23. The van der Waals surface area contributed by atoms with Crippen LogP contribution in [0.25, 0.3) is 0 Å². The molecule has 0 bridgehead atoms. The second kappa shape index (κ2) is 5.43. The van der Waals surface area contributed by atoms with Crippen LogP contribution >= 0.6 is 0 Å². The minimum Gasteiger partial charge on any atom is -0.352 e. The van der Waals surface area contributed by atoms with Gasteiger partial charge in [0.25, 0.3) is 12.3 Å². The number of aromatic nitrogens is 1. The molecular formula is C11H13F2N3O. The van der Waals surface area contributed by atoms with E-state index in [1.54, 1.807) is 13.8 Å². The molecule has 6 heteroatoms. The van der Waals surface area contributed by atoms with E-state index in [9.17, 15) is 13.6 Å². The lowest BCUT2D eigenvalue weighted by Gasteiger charge is -2.25. The highest BCUT2D eigenvalue weighted by molar-refractivity contribution is 5.94. The van der Waals surface area contributed by atoms with E-state index in [-0.39, 0.29) is 17.3 Å². The average molecular weight is 241 g/mol. The van der Waals surface area contributed by atoms with Crippen molar-refractivity contribution < 1.29 is 13.6 Å². The number of rotatable bonds is 4. The monoisotopic (exact) mass is 241 g/mol. The summed E-state index contributed by atoms with van der Waals surface area (Å²) < 4.78 is 24.7. The first-order valence-electron chi connectivity index (χ1n) is 5.13. The van der Waals surface area contributed by atoms with Gasteiger partial charge in [-0.05, 0) is 19.9 Å². The minimum atomic E-state index is -2.57. The van der Waals surface area contributed by atoms with Crippen LogP contribution in [0, 0.1) is 11.3 Å². The van der Waals surface area contributed by atoms with Crippen LogP contribution in [0.5, 0.6) is 0 Å². The molecule has 1 N–H and O–H groups in total. The molecule has 0 atom stereocenters. The van der Waals surface area contributed by atoms with Crippen molar-refractivity contribution >= 4 is 5.91 Å². The van der Waals surface area contributed by atoms with Crippen molar-refractivity contribution in [1.82, 2.24) is 9.88 Å². The summed E-state index contributed by atoms with van der Waals surface area (Å²) in [5.41, 5.74) is 0.449. The van der Waals surface area contributed by atoms with Gasteiger partial charge in [-0.15, -0.1) is 0 Å². The van der Waals surface area contributed by atoms with Crippen molar-refractivity contribution in [2.75, 3.05) is 6.54 Å². The van der Waals surface area contributed by atoms with E-state index in [1.807, 2.05) is 6.07 Å². The molecule has 1 amide bonds. The van der Waals surface area contributed by atoms with E-state index in [4.69, 9.17) is 5.26 Å². The van der Waals surface area contributed by atoms with E-state index in [1.165, 1.54) is 12.3 Å². The third-order valence-electron chi connectivity index (χ3n) is 2.27. The molecule has 0 saturated heterocycles. The van der Waals surface area contributed by atoms with Crippen LogP contribution in [0.2, 0.25) is 0 Å². The fraction of sp³-hybridized carbons (Fsp3) is 0.455. The lowest BCUT2D eigenvalue weighted by molar-refractivity contribution is 0.0476. The average Bonchev–Trinajstić information content (AvgIpc) is 2.72. The van der Waals surface area contributed by atoms with E-state index < -0.39 is 18.9 Å². The number of nitrogens with zero attached hydrogens (tertiary/aromatic N) is 2. The van der Waals surface area contributed by atoms with Crippen LogP contribution in [-0.4, -0.2) is 34.8 Å². The van der Waals surface area contributed by atoms with Gasteiger partial charge in [-0.25, -0.2) is 8.78 Å². The summed E-state index contributed by atoms with van der Waals surface area (Å²) in [5, 5.41) is 8.60. The molecule has 0 radical (unpaired) electrons. The Morgan fingerprint density at radius 3 is 2.65 bits per heavy atom. The highest BCUT2D eigenvalue weighted by atomic mass is 19.3. The van der Waals surface area contributed by atoms with Gasteiger partial charge in [0.15, 0.2) is 0 Å². The lowest BCUT2D eigenvalue weighted by atomic mass is 10.2. The molecule has 1 heterocycles. The molecule has 0 spiro atoms. The van der Waals surface area contributed by atoms with E-state index in [0.717, 1.165) is 4.90 Å². The highest BCUT2D eigenvalue weighted by Crippen LogP contribution is 2.11. The fourth-order valence-electron chi connectivity index (χ4n) is 1.43. The maximum atomic E-state index is 12.3. The van der Waals surface area contributed by atoms with Crippen molar-refractivity contribution in [3.05, 3.63) is 23.5 Å². The van der Waals surface area contributed by atoms with Gasteiger partial charge in [-0.1, -0.05) is 0 Å². The van der Waals surface area contributed by atoms with Gasteiger partial charge < -0.3 is 9.88 Å². The summed E-state index contributed by atoms with van der Waals surface area (Å²) in [4.78, 5) is 15.6. The zero-order valence-corrected chi connectivity index (χ0v) is 9.58. The molecule has 92 valence electrons. The number of halogens is 2. The van der Waals surface area contributed by atoms with Crippen LogP contribution in [0.15, 0.2) is 12.3 Å². The predicted molar refractivity (Wildman–Crippen MR) is 57.7 cm³/mol. The zero-order valence-electron chi connectivity index (χ0n) is 9.58. The van der Waals surface area contributed by atoms with Crippen LogP contribution in [0.1, 0.15) is 29.9 Å². The molecule has 0 aliphatic heterocycles. The Bertz CT molecular complexity index is 434. The topological polar surface area (TPSA) is 59.9 Å². The summed E-state index contributed by atoms with van der Waals surface area (Å²) in [6.07, 6.45) is -1.22. The number of hydrogen-bond acceptors (Lipinski definition) is 2. The van der Waals surface area contributed by atoms with Gasteiger partial charge >= 0.3 is 0 Å². The summed E-state index contributed by atoms with van der Waals surface area (Å²) >= 11 is 0. The summed E-state index contributed by atoms with van der Waals surface area (Å²) in [7, 11) is 0. The number of carbonyl (C=O) groups is 1. The van der Waals surface area contributed by atoms with Crippen LogP contribution < -0.4 is 0 Å². The third kappa shape index (κ3) is 3.28. The SMILES string of the molecule is CC(C)N(CC(F)F)C(=O)c1c[nH]c(C#N)c1. The summed E-state index contributed by atoms with van der Waals surface area (Å²) in [5.74, 6) is -0.502. The van der Waals surface area contributed by atoms with Crippen molar-refractivity contribution in [3.8, 4) is 6.07 Å². The Morgan fingerprint density at radius 2 is 2.24 bits per heavy atom.